The van der Waals surface area contributed by atoms with Gasteiger partial charge in [0.2, 0.25) is 0 Å². The fraction of sp³-hybridized carbons (Fsp3) is 0.233. The topological polar surface area (TPSA) is 113 Å². The lowest BCUT2D eigenvalue weighted by molar-refractivity contribution is -0.140. The molecule has 1 saturated heterocycles. The fourth-order valence-corrected chi connectivity index (χ4v) is 4.43. The van der Waals surface area contributed by atoms with Crippen molar-refractivity contribution < 1.29 is 34.1 Å². The van der Waals surface area contributed by atoms with Crippen LogP contribution in [0, 0.1) is 6.92 Å². The fourth-order valence-electron chi connectivity index (χ4n) is 4.43. The SMILES string of the molecule is CCCOc1ccc(/C(O)=C2/C(=O)C(=O)N(Cc3ccc(C(=O)OC)cc3)C2c2ccc(O)cc2)cc1C. The van der Waals surface area contributed by atoms with E-state index in [4.69, 9.17) is 9.47 Å². The molecule has 1 aliphatic heterocycles. The van der Waals surface area contributed by atoms with Crippen LogP contribution in [0.25, 0.3) is 5.76 Å². The Labute approximate surface area is 220 Å². The summed E-state index contributed by atoms with van der Waals surface area (Å²) in [6, 6.07) is 16.9. The molecular formula is C30H29NO7. The molecule has 1 heterocycles. The number of aliphatic hydroxyl groups is 1. The Balaban J connectivity index is 1.77. The number of methoxy groups -OCH3 is 1. The van der Waals surface area contributed by atoms with Crippen molar-refractivity contribution in [1.29, 1.82) is 0 Å². The maximum atomic E-state index is 13.3. The van der Waals surface area contributed by atoms with Crippen LogP contribution in [0.15, 0.2) is 72.3 Å². The van der Waals surface area contributed by atoms with Gasteiger partial charge in [-0.3, -0.25) is 9.59 Å². The lowest BCUT2D eigenvalue weighted by Gasteiger charge is -2.25. The highest BCUT2D eigenvalue weighted by atomic mass is 16.5. The summed E-state index contributed by atoms with van der Waals surface area (Å²) in [5.74, 6) is -1.65. The van der Waals surface area contributed by atoms with E-state index in [0.29, 0.717) is 34.6 Å². The maximum Gasteiger partial charge on any atom is 0.337 e. The van der Waals surface area contributed by atoms with Gasteiger partial charge in [0.25, 0.3) is 11.7 Å². The molecular weight excluding hydrogens is 486 g/mol. The summed E-state index contributed by atoms with van der Waals surface area (Å²) in [7, 11) is 1.29. The average molecular weight is 516 g/mol. The normalized spacial score (nSPS) is 16.5. The Kier molecular flexibility index (Phi) is 7.81. The number of likely N-dealkylation sites (tertiary alicyclic amines) is 1. The second kappa shape index (κ2) is 11.2. The van der Waals surface area contributed by atoms with Gasteiger partial charge in [0.1, 0.15) is 17.3 Å². The number of hydrogen-bond donors (Lipinski definition) is 2. The molecule has 1 fully saturated rings. The summed E-state index contributed by atoms with van der Waals surface area (Å²) in [4.78, 5) is 39.7. The minimum absolute atomic E-state index is 0.0300. The monoisotopic (exact) mass is 515 g/mol. The predicted molar refractivity (Wildman–Crippen MR) is 141 cm³/mol. The summed E-state index contributed by atoms with van der Waals surface area (Å²) < 4.78 is 10.5. The zero-order valence-electron chi connectivity index (χ0n) is 21.4. The Morgan fingerprint density at radius 2 is 1.63 bits per heavy atom. The molecule has 8 nitrogen and oxygen atoms in total. The number of esters is 1. The molecule has 0 bridgehead atoms. The number of Topliss-reactive ketones (excluding diaryl/α,β-unsaturated/α-hetero) is 1. The number of aliphatic hydroxyl groups excluding tert-OH is 1. The van der Waals surface area contributed by atoms with E-state index in [1.165, 1.54) is 24.1 Å². The van der Waals surface area contributed by atoms with Gasteiger partial charge < -0.3 is 24.6 Å². The molecule has 196 valence electrons. The number of carbonyl (C=O) groups is 3. The van der Waals surface area contributed by atoms with Gasteiger partial charge in [0.05, 0.1) is 30.9 Å². The van der Waals surface area contributed by atoms with E-state index in [9.17, 15) is 24.6 Å². The van der Waals surface area contributed by atoms with Crippen molar-refractivity contribution >= 4 is 23.4 Å². The van der Waals surface area contributed by atoms with Crippen molar-refractivity contribution in [1.82, 2.24) is 4.90 Å². The van der Waals surface area contributed by atoms with Crippen LogP contribution in [0.1, 0.15) is 52.0 Å². The molecule has 3 aromatic carbocycles. The van der Waals surface area contributed by atoms with Crippen LogP contribution in [-0.4, -0.2) is 46.5 Å². The van der Waals surface area contributed by atoms with Crippen LogP contribution in [0.4, 0.5) is 0 Å². The van der Waals surface area contributed by atoms with Gasteiger partial charge in [-0.1, -0.05) is 31.2 Å². The molecule has 38 heavy (non-hydrogen) atoms. The number of phenolic OH excluding ortho intramolecular Hbond substituents is 1. The highest BCUT2D eigenvalue weighted by Crippen LogP contribution is 2.41. The molecule has 1 amide bonds. The summed E-state index contributed by atoms with van der Waals surface area (Å²) in [5, 5.41) is 21.1. The second-order valence-corrected chi connectivity index (χ2v) is 9.04. The van der Waals surface area contributed by atoms with Crippen LogP contribution in [0.2, 0.25) is 0 Å². The van der Waals surface area contributed by atoms with Gasteiger partial charge in [0, 0.05) is 12.1 Å². The van der Waals surface area contributed by atoms with Crippen LogP contribution in [0.3, 0.4) is 0 Å². The molecule has 3 aromatic rings. The van der Waals surface area contributed by atoms with Crippen LogP contribution in [-0.2, 0) is 20.9 Å². The average Bonchev–Trinajstić information content (AvgIpc) is 3.17. The molecule has 8 heteroatoms. The molecule has 2 N–H and O–H groups in total. The van der Waals surface area contributed by atoms with E-state index in [2.05, 4.69) is 0 Å². The summed E-state index contributed by atoms with van der Waals surface area (Å²) in [5.41, 5.74) is 2.70. The van der Waals surface area contributed by atoms with Crippen LogP contribution in [0.5, 0.6) is 11.5 Å². The predicted octanol–water partition coefficient (Wildman–Crippen LogP) is 4.90. The van der Waals surface area contributed by atoms with E-state index in [1.807, 2.05) is 13.8 Å². The zero-order valence-corrected chi connectivity index (χ0v) is 21.4. The quantitative estimate of drug-likeness (QED) is 0.190. The third kappa shape index (κ3) is 5.25. The van der Waals surface area contributed by atoms with E-state index in [0.717, 1.165) is 12.0 Å². The van der Waals surface area contributed by atoms with E-state index in [1.54, 1.807) is 54.6 Å². The molecule has 0 saturated carbocycles. The second-order valence-electron chi connectivity index (χ2n) is 9.04. The van der Waals surface area contributed by atoms with E-state index >= 15 is 0 Å². The smallest absolute Gasteiger partial charge is 0.337 e. The van der Waals surface area contributed by atoms with Crippen molar-refractivity contribution in [3.63, 3.8) is 0 Å². The van der Waals surface area contributed by atoms with Crippen molar-refractivity contribution in [3.05, 3.63) is 100 Å². The first kappa shape index (κ1) is 26.5. The van der Waals surface area contributed by atoms with Crippen molar-refractivity contribution in [2.24, 2.45) is 0 Å². The number of ketones is 1. The van der Waals surface area contributed by atoms with Crippen molar-refractivity contribution in [2.45, 2.75) is 32.9 Å². The Bertz CT molecular complexity index is 1390. The minimum Gasteiger partial charge on any atom is -0.508 e. The van der Waals surface area contributed by atoms with Gasteiger partial charge in [-0.25, -0.2) is 4.79 Å². The number of rotatable bonds is 8. The molecule has 1 unspecified atom stereocenters. The molecule has 0 aromatic heterocycles. The highest BCUT2D eigenvalue weighted by molar-refractivity contribution is 6.46. The Morgan fingerprint density at radius 1 is 0.974 bits per heavy atom. The van der Waals surface area contributed by atoms with Crippen LogP contribution >= 0.6 is 0 Å². The van der Waals surface area contributed by atoms with Gasteiger partial charge in [-0.05, 0) is 72.5 Å². The molecule has 1 atom stereocenters. The zero-order chi connectivity index (χ0) is 27.4. The lowest BCUT2D eigenvalue weighted by atomic mass is 9.94. The number of hydrogen-bond acceptors (Lipinski definition) is 7. The first-order valence-corrected chi connectivity index (χ1v) is 12.2. The third-order valence-corrected chi connectivity index (χ3v) is 6.39. The highest BCUT2D eigenvalue weighted by Gasteiger charge is 2.46. The van der Waals surface area contributed by atoms with Crippen molar-refractivity contribution in [3.8, 4) is 11.5 Å². The first-order chi connectivity index (χ1) is 18.2. The number of carbonyl (C=O) groups excluding carboxylic acids is 3. The molecule has 0 spiro atoms. The summed E-state index contributed by atoms with van der Waals surface area (Å²) in [6.45, 7) is 4.46. The standard InChI is InChI=1S/C30H29NO7/c1-4-15-38-24-14-11-22(16-18(24)2)27(33)25-26(20-9-12-23(32)13-10-20)31(29(35)28(25)34)17-19-5-7-21(8-6-19)30(36)37-3/h5-14,16,26,32-33H,4,15,17H2,1-3H3/b27-25-. The van der Waals surface area contributed by atoms with E-state index in [-0.39, 0.29) is 23.6 Å². The number of phenols is 1. The molecule has 0 radical (unpaired) electrons. The Hall–Kier alpha value is -4.59. The summed E-state index contributed by atoms with van der Waals surface area (Å²) >= 11 is 0. The Morgan fingerprint density at radius 3 is 2.24 bits per heavy atom. The number of amides is 1. The number of ether oxygens (including phenoxy) is 2. The largest absolute Gasteiger partial charge is 0.508 e. The number of nitrogens with zero attached hydrogens (tertiary/aromatic N) is 1. The van der Waals surface area contributed by atoms with Crippen LogP contribution < -0.4 is 4.74 Å². The first-order valence-electron chi connectivity index (χ1n) is 12.2. The van der Waals surface area contributed by atoms with E-state index < -0.39 is 23.7 Å². The van der Waals surface area contributed by atoms with Gasteiger partial charge in [0.15, 0.2) is 0 Å². The maximum absolute atomic E-state index is 13.3. The molecule has 1 aliphatic rings. The molecule has 0 aliphatic carbocycles. The van der Waals surface area contributed by atoms with Gasteiger partial charge >= 0.3 is 5.97 Å². The van der Waals surface area contributed by atoms with Gasteiger partial charge in [-0.2, -0.15) is 0 Å². The van der Waals surface area contributed by atoms with Crippen molar-refractivity contribution in [2.75, 3.05) is 13.7 Å². The number of aromatic hydroxyl groups is 1. The van der Waals surface area contributed by atoms with Gasteiger partial charge in [-0.15, -0.1) is 0 Å². The number of aryl methyl sites for hydroxylation is 1. The number of benzene rings is 3. The third-order valence-electron chi connectivity index (χ3n) is 6.39. The lowest BCUT2D eigenvalue weighted by Crippen LogP contribution is -2.29. The minimum atomic E-state index is -0.896. The summed E-state index contributed by atoms with van der Waals surface area (Å²) in [6.07, 6.45) is 0.850. The molecule has 4 rings (SSSR count).